The minimum Gasteiger partial charge on any atom is -0.465 e. The van der Waals surface area contributed by atoms with Crippen molar-refractivity contribution in [1.82, 2.24) is 0 Å². The largest absolute Gasteiger partial charge is 0.465 e. The van der Waals surface area contributed by atoms with Crippen molar-refractivity contribution in [2.45, 2.75) is 12.5 Å². The molecule has 8 nitrogen and oxygen atoms in total. The Morgan fingerprint density at radius 2 is 2.19 bits per heavy atom. The highest BCUT2D eigenvalue weighted by molar-refractivity contribution is 7.91. The van der Waals surface area contributed by atoms with Crippen LogP contribution in [0.25, 0.3) is 0 Å². The molecule has 1 aromatic rings. The first-order valence-corrected chi connectivity index (χ1v) is 7.98. The Balaban J connectivity index is 2.30. The van der Waals surface area contributed by atoms with Crippen molar-refractivity contribution in [3.63, 3.8) is 0 Å². The van der Waals surface area contributed by atoms with Gasteiger partial charge >= 0.3 is 5.97 Å². The molecule has 9 heteroatoms. The van der Waals surface area contributed by atoms with Gasteiger partial charge in [-0.3, -0.25) is 10.1 Å². The number of hydrogen-bond donors (Lipinski definition) is 1. The van der Waals surface area contributed by atoms with Crippen LogP contribution in [0.4, 0.5) is 11.4 Å². The number of esters is 1. The van der Waals surface area contributed by atoms with Crippen LogP contribution in [0.15, 0.2) is 18.2 Å². The topological polar surface area (TPSA) is 116 Å². The zero-order chi connectivity index (χ0) is 15.6. The Kier molecular flexibility index (Phi) is 4.12. The molecule has 1 aliphatic rings. The Morgan fingerprint density at radius 3 is 2.71 bits per heavy atom. The second-order valence-corrected chi connectivity index (χ2v) is 6.95. The molecule has 0 radical (unpaired) electrons. The van der Waals surface area contributed by atoms with E-state index in [2.05, 4.69) is 10.1 Å². The summed E-state index contributed by atoms with van der Waals surface area (Å²) in [6, 6.07) is 3.42. The lowest BCUT2D eigenvalue weighted by molar-refractivity contribution is -0.384. The number of benzene rings is 1. The Morgan fingerprint density at radius 1 is 1.48 bits per heavy atom. The van der Waals surface area contributed by atoms with Crippen LogP contribution in [0.5, 0.6) is 0 Å². The molecule has 1 fully saturated rings. The van der Waals surface area contributed by atoms with E-state index >= 15 is 0 Å². The smallest absolute Gasteiger partial charge is 0.340 e. The third kappa shape index (κ3) is 3.48. The fourth-order valence-electron chi connectivity index (χ4n) is 2.18. The lowest BCUT2D eigenvalue weighted by atomic mass is 10.1. The van der Waals surface area contributed by atoms with Crippen LogP contribution in [0.2, 0.25) is 0 Å². The molecule has 1 atom stereocenters. The number of carbonyl (C=O) groups excluding carboxylic acids is 1. The number of sulfone groups is 1. The molecule has 114 valence electrons. The van der Waals surface area contributed by atoms with Gasteiger partial charge in [0.05, 0.1) is 29.1 Å². The van der Waals surface area contributed by atoms with Crippen molar-refractivity contribution in [2.24, 2.45) is 0 Å². The predicted molar refractivity (Wildman–Crippen MR) is 75.1 cm³/mol. The van der Waals surface area contributed by atoms with Gasteiger partial charge in [0, 0.05) is 23.9 Å². The summed E-state index contributed by atoms with van der Waals surface area (Å²) < 4.78 is 27.5. The maximum Gasteiger partial charge on any atom is 0.340 e. The molecule has 0 saturated carbocycles. The van der Waals surface area contributed by atoms with Gasteiger partial charge < -0.3 is 10.1 Å². The summed E-state index contributed by atoms with van der Waals surface area (Å²) >= 11 is 0. The molecule has 0 aromatic heterocycles. The van der Waals surface area contributed by atoms with E-state index in [9.17, 15) is 23.3 Å². The minimum atomic E-state index is -3.06. The molecule has 1 saturated heterocycles. The van der Waals surface area contributed by atoms with Crippen LogP contribution in [-0.4, -0.2) is 44.0 Å². The highest BCUT2D eigenvalue weighted by Crippen LogP contribution is 2.25. The summed E-state index contributed by atoms with van der Waals surface area (Å²) in [6.07, 6.45) is 0.430. The van der Waals surface area contributed by atoms with Gasteiger partial charge in [-0.2, -0.15) is 0 Å². The molecule has 1 aromatic carbocycles. The number of non-ortho nitro benzene ring substituents is 1. The van der Waals surface area contributed by atoms with Gasteiger partial charge in [0.15, 0.2) is 9.84 Å². The fraction of sp³-hybridized carbons (Fsp3) is 0.417. The minimum absolute atomic E-state index is 0.0102. The van der Waals surface area contributed by atoms with E-state index in [4.69, 9.17) is 0 Å². The number of ether oxygens (including phenoxy) is 1. The summed E-state index contributed by atoms with van der Waals surface area (Å²) in [5.41, 5.74) is 0.102. The van der Waals surface area contributed by atoms with Crippen molar-refractivity contribution in [2.75, 3.05) is 23.9 Å². The third-order valence-corrected chi connectivity index (χ3v) is 4.98. The molecule has 2 rings (SSSR count). The maximum absolute atomic E-state index is 11.7. The van der Waals surface area contributed by atoms with Gasteiger partial charge in [-0.1, -0.05) is 0 Å². The molecular weight excluding hydrogens is 300 g/mol. The number of nitro groups is 1. The second-order valence-electron chi connectivity index (χ2n) is 4.72. The van der Waals surface area contributed by atoms with Gasteiger partial charge in [-0.25, -0.2) is 13.2 Å². The van der Waals surface area contributed by atoms with Crippen LogP contribution in [0.1, 0.15) is 16.8 Å². The number of methoxy groups -OCH3 is 1. The molecule has 0 amide bonds. The van der Waals surface area contributed by atoms with Crippen LogP contribution >= 0.6 is 0 Å². The van der Waals surface area contributed by atoms with Gasteiger partial charge in [0.1, 0.15) is 0 Å². The first kappa shape index (κ1) is 15.2. The quantitative estimate of drug-likeness (QED) is 0.500. The van der Waals surface area contributed by atoms with Crippen molar-refractivity contribution >= 4 is 27.2 Å². The number of nitrogens with zero attached hydrogens (tertiary/aromatic N) is 1. The van der Waals surface area contributed by atoms with E-state index in [0.717, 1.165) is 6.07 Å². The van der Waals surface area contributed by atoms with Gasteiger partial charge in [0.25, 0.3) is 5.69 Å². The molecule has 1 heterocycles. The molecule has 0 bridgehead atoms. The molecular formula is C12H14N2O6S. The van der Waals surface area contributed by atoms with E-state index in [-0.39, 0.29) is 28.8 Å². The molecule has 1 aliphatic heterocycles. The van der Waals surface area contributed by atoms with E-state index in [0.29, 0.717) is 12.1 Å². The first-order valence-electron chi connectivity index (χ1n) is 6.16. The Bertz CT molecular complexity index is 685. The Labute approximate surface area is 121 Å². The fourth-order valence-corrected chi connectivity index (χ4v) is 3.85. The molecule has 0 spiro atoms. The molecule has 21 heavy (non-hydrogen) atoms. The first-order chi connectivity index (χ1) is 9.82. The Hall–Kier alpha value is -2.16. The summed E-state index contributed by atoms with van der Waals surface area (Å²) in [5.74, 6) is -0.655. The van der Waals surface area contributed by atoms with Crippen LogP contribution in [-0.2, 0) is 14.6 Å². The van der Waals surface area contributed by atoms with E-state index in [1.165, 1.54) is 19.2 Å². The van der Waals surface area contributed by atoms with Gasteiger partial charge in [-0.15, -0.1) is 0 Å². The van der Waals surface area contributed by atoms with Crippen molar-refractivity contribution in [3.8, 4) is 0 Å². The summed E-state index contributed by atoms with van der Waals surface area (Å²) in [4.78, 5) is 21.9. The number of nitro benzene ring substituents is 1. The van der Waals surface area contributed by atoms with Gasteiger partial charge in [-0.05, 0) is 12.5 Å². The molecule has 1 N–H and O–H groups in total. The monoisotopic (exact) mass is 314 g/mol. The lowest BCUT2D eigenvalue weighted by Gasteiger charge is -2.15. The lowest BCUT2D eigenvalue weighted by Crippen LogP contribution is -2.22. The summed E-state index contributed by atoms with van der Waals surface area (Å²) in [6.45, 7) is 0. The molecule has 0 unspecified atom stereocenters. The van der Waals surface area contributed by atoms with Crippen molar-refractivity contribution < 1.29 is 22.9 Å². The zero-order valence-corrected chi connectivity index (χ0v) is 12.1. The SMILES string of the molecule is COC(=O)c1cc([N+](=O)[O-])ccc1N[C@H]1CCS(=O)(=O)C1. The predicted octanol–water partition coefficient (Wildman–Crippen LogP) is 0.980. The average molecular weight is 314 g/mol. The van der Waals surface area contributed by atoms with Gasteiger partial charge in [0.2, 0.25) is 0 Å². The summed E-state index contributed by atoms with van der Waals surface area (Å²) in [7, 11) is -1.89. The average Bonchev–Trinajstić information content (AvgIpc) is 2.77. The van der Waals surface area contributed by atoms with E-state index in [1.54, 1.807) is 0 Å². The second kappa shape index (κ2) is 5.68. The van der Waals surface area contributed by atoms with E-state index in [1.807, 2.05) is 0 Å². The van der Waals surface area contributed by atoms with E-state index < -0.39 is 20.7 Å². The van der Waals surface area contributed by atoms with Crippen LogP contribution in [0.3, 0.4) is 0 Å². The van der Waals surface area contributed by atoms with Crippen LogP contribution < -0.4 is 5.32 Å². The summed E-state index contributed by atoms with van der Waals surface area (Å²) in [5, 5.41) is 13.7. The number of nitrogens with one attached hydrogen (secondary N) is 1. The maximum atomic E-state index is 11.7. The highest BCUT2D eigenvalue weighted by Gasteiger charge is 2.29. The number of carbonyl (C=O) groups is 1. The zero-order valence-electron chi connectivity index (χ0n) is 11.2. The third-order valence-electron chi connectivity index (χ3n) is 3.21. The molecule has 0 aliphatic carbocycles. The van der Waals surface area contributed by atoms with Crippen molar-refractivity contribution in [3.05, 3.63) is 33.9 Å². The normalized spacial score (nSPS) is 20.0. The number of hydrogen-bond acceptors (Lipinski definition) is 7. The standard InChI is InChI=1S/C12H14N2O6S/c1-20-12(15)10-6-9(14(16)17)2-3-11(10)13-8-4-5-21(18,19)7-8/h2-3,6,8,13H,4-5,7H2,1H3/t8-/m0/s1. The number of anilines is 1. The van der Waals surface area contributed by atoms with Crippen LogP contribution in [0, 0.1) is 10.1 Å². The van der Waals surface area contributed by atoms with Crippen molar-refractivity contribution in [1.29, 1.82) is 0 Å². The number of rotatable bonds is 4. The highest BCUT2D eigenvalue weighted by atomic mass is 32.2.